The summed E-state index contributed by atoms with van der Waals surface area (Å²) >= 11 is 0. The average Bonchev–Trinajstić information content (AvgIpc) is 1.99. The molecule has 4 nitrogen and oxygen atoms in total. The number of benzene rings is 1. The van der Waals surface area contributed by atoms with Crippen LogP contribution in [0.2, 0.25) is 19.6 Å². The highest BCUT2D eigenvalue weighted by Crippen LogP contribution is 2.26. The Morgan fingerprint density at radius 2 is 2.00 bits per heavy atom. The minimum atomic E-state index is -1.41. The lowest BCUT2D eigenvalue weighted by Gasteiger charge is -2.15. The number of rotatable bonds is 3. The first-order valence-corrected chi connectivity index (χ1v) is 8.46. The molecule has 1 rings (SSSR count). The second-order valence-corrected chi connectivity index (χ2v) is 10.3. The van der Waals surface area contributed by atoms with Crippen LogP contribution in [0.4, 0.5) is 5.69 Å². The third-order valence-electron chi connectivity index (χ3n) is 1.98. The van der Waals surface area contributed by atoms with Crippen LogP contribution in [0.15, 0.2) is 18.2 Å². The molecule has 1 N–H and O–H groups in total. The summed E-state index contributed by atoms with van der Waals surface area (Å²) in [5, 5.41) is 20.1. The van der Waals surface area contributed by atoms with Crippen LogP contribution in [0, 0.1) is 10.1 Å². The van der Waals surface area contributed by atoms with E-state index in [1.807, 2.05) is 0 Å². The summed E-state index contributed by atoms with van der Waals surface area (Å²) in [6.45, 7) is 6.42. The van der Waals surface area contributed by atoms with Crippen molar-refractivity contribution in [3.8, 4) is 5.75 Å². The van der Waals surface area contributed by atoms with Gasteiger partial charge in [-0.1, -0.05) is 19.6 Å². The molecular formula is C10H15NO3Si. The van der Waals surface area contributed by atoms with E-state index in [4.69, 9.17) is 0 Å². The van der Waals surface area contributed by atoms with Gasteiger partial charge < -0.3 is 5.11 Å². The van der Waals surface area contributed by atoms with Gasteiger partial charge in [0.2, 0.25) is 0 Å². The summed E-state index contributed by atoms with van der Waals surface area (Å²) in [7, 11) is -1.41. The molecule has 1 aromatic rings. The van der Waals surface area contributed by atoms with Gasteiger partial charge in [0.1, 0.15) is 5.75 Å². The van der Waals surface area contributed by atoms with E-state index >= 15 is 0 Å². The SMILES string of the molecule is C[Si](C)(C)Cc1cc(O)ccc1[N+](=O)[O-]. The first-order valence-electron chi connectivity index (χ1n) is 4.76. The topological polar surface area (TPSA) is 63.4 Å². The second-order valence-electron chi connectivity index (χ2n) is 4.81. The highest BCUT2D eigenvalue weighted by Gasteiger charge is 2.21. The lowest BCUT2D eigenvalue weighted by Crippen LogP contribution is -2.24. The first-order chi connectivity index (χ1) is 6.79. The van der Waals surface area contributed by atoms with E-state index in [-0.39, 0.29) is 11.4 Å². The molecule has 0 unspecified atom stereocenters. The normalized spacial score (nSPS) is 11.4. The van der Waals surface area contributed by atoms with Gasteiger partial charge in [-0.25, -0.2) is 0 Å². The third-order valence-corrected chi connectivity index (χ3v) is 3.42. The number of hydrogen-bond donors (Lipinski definition) is 1. The molecule has 0 spiro atoms. The summed E-state index contributed by atoms with van der Waals surface area (Å²) in [4.78, 5) is 10.4. The van der Waals surface area contributed by atoms with Crippen molar-refractivity contribution in [2.75, 3.05) is 0 Å². The van der Waals surface area contributed by atoms with Crippen LogP contribution in [-0.4, -0.2) is 18.1 Å². The molecule has 1 aromatic carbocycles. The molecule has 0 bridgehead atoms. The fourth-order valence-corrected chi connectivity index (χ4v) is 2.89. The predicted molar refractivity (Wildman–Crippen MR) is 61.8 cm³/mol. The van der Waals surface area contributed by atoms with Gasteiger partial charge in [-0.15, -0.1) is 0 Å². The Labute approximate surface area is 89.7 Å². The fourth-order valence-electron chi connectivity index (χ4n) is 1.46. The molecule has 0 aliphatic carbocycles. The Hall–Kier alpha value is -1.36. The zero-order valence-corrected chi connectivity index (χ0v) is 10.2. The number of nitrogens with zero attached hydrogens (tertiary/aromatic N) is 1. The van der Waals surface area contributed by atoms with E-state index in [1.165, 1.54) is 18.2 Å². The Morgan fingerprint density at radius 1 is 1.40 bits per heavy atom. The summed E-state index contributed by atoms with van der Waals surface area (Å²) < 4.78 is 0. The number of phenolic OH excluding ortho intramolecular Hbond substituents is 1. The minimum absolute atomic E-state index is 0.0915. The van der Waals surface area contributed by atoms with Crippen molar-refractivity contribution in [1.82, 2.24) is 0 Å². The van der Waals surface area contributed by atoms with Crippen LogP contribution < -0.4 is 0 Å². The van der Waals surface area contributed by atoms with Gasteiger partial charge in [0.15, 0.2) is 0 Å². The molecule has 15 heavy (non-hydrogen) atoms. The van der Waals surface area contributed by atoms with Crippen molar-refractivity contribution in [1.29, 1.82) is 0 Å². The third kappa shape index (κ3) is 3.36. The molecule has 0 amide bonds. The van der Waals surface area contributed by atoms with E-state index in [2.05, 4.69) is 19.6 Å². The molecular weight excluding hydrogens is 210 g/mol. The van der Waals surface area contributed by atoms with Gasteiger partial charge in [0, 0.05) is 19.7 Å². The smallest absolute Gasteiger partial charge is 0.272 e. The molecule has 0 saturated heterocycles. The fraction of sp³-hybridized carbons (Fsp3) is 0.400. The van der Waals surface area contributed by atoms with Gasteiger partial charge in [-0.2, -0.15) is 0 Å². The molecule has 0 saturated carbocycles. The monoisotopic (exact) mass is 225 g/mol. The van der Waals surface area contributed by atoms with E-state index < -0.39 is 13.0 Å². The summed E-state index contributed by atoms with van der Waals surface area (Å²) in [5.74, 6) is 0.0915. The summed E-state index contributed by atoms with van der Waals surface area (Å²) in [5.41, 5.74) is 0.745. The zero-order valence-electron chi connectivity index (χ0n) is 9.15. The van der Waals surface area contributed by atoms with Crippen molar-refractivity contribution in [3.05, 3.63) is 33.9 Å². The van der Waals surface area contributed by atoms with E-state index in [1.54, 1.807) is 0 Å². The van der Waals surface area contributed by atoms with Crippen molar-refractivity contribution in [3.63, 3.8) is 0 Å². The van der Waals surface area contributed by atoms with Crippen molar-refractivity contribution >= 4 is 13.8 Å². The predicted octanol–water partition coefficient (Wildman–Crippen LogP) is 2.72. The van der Waals surface area contributed by atoms with Crippen molar-refractivity contribution < 1.29 is 10.0 Å². The Morgan fingerprint density at radius 3 is 2.47 bits per heavy atom. The van der Waals surface area contributed by atoms with Gasteiger partial charge >= 0.3 is 0 Å². The van der Waals surface area contributed by atoms with Crippen molar-refractivity contribution in [2.24, 2.45) is 0 Å². The van der Waals surface area contributed by atoms with E-state index in [9.17, 15) is 15.2 Å². The quantitative estimate of drug-likeness (QED) is 0.488. The summed E-state index contributed by atoms with van der Waals surface area (Å²) in [6, 6.07) is 4.92. The molecule has 0 radical (unpaired) electrons. The van der Waals surface area contributed by atoms with Crippen LogP contribution in [-0.2, 0) is 6.04 Å². The van der Waals surface area contributed by atoms with Crippen molar-refractivity contribution in [2.45, 2.75) is 25.7 Å². The molecule has 0 aliphatic rings. The van der Waals surface area contributed by atoms with E-state index in [0.29, 0.717) is 11.6 Å². The van der Waals surface area contributed by atoms with Gasteiger partial charge in [-0.3, -0.25) is 10.1 Å². The molecule has 0 aromatic heterocycles. The number of nitro benzene ring substituents is 1. The average molecular weight is 225 g/mol. The van der Waals surface area contributed by atoms with Crippen LogP contribution in [0.5, 0.6) is 5.75 Å². The maximum atomic E-state index is 10.8. The maximum absolute atomic E-state index is 10.8. The zero-order chi connectivity index (χ0) is 11.6. The Bertz CT molecular complexity index is 385. The van der Waals surface area contributed by atoms with Crippen LogP contribution in [0.25, 0.3) is 0 Å². The molecule has 5 heteroatoms. The highest BCUT2D eigenvalue weighted by molar-refractivity contribution is 6.75. The van der Waals surface area contributed by atoms with Crippen LogP contribution >= 0.6 is 0 Å². The Balaban J connectivity index is 3.13. The number of aromatic hydroxyl groups is 1. The molecule has 0 atom stereocenters. The van der Waals surface area contributed by atoms with Gasteiger partial charge in [0.05, 0.1) is 4.92 Å². The number of phenols is 1. The lowest BCUT2D eigenvalue weighted by molar-refractivity contribution is -0.385. The molecule has 0 heterocycles. The minimum Gasteiger partial charge on any atom is -0.508 e. The standard InChI is InChI=1S/C10H15NO3Si/c1-15(2,3)7-8-6-9(12)4-5-10(8)11(13)14/h4-6,12H,7H2,1-3H3. The summed E-state index contributed by atoms with van der Waals surface area (Å²) in [6.07, 6.45) is 0. The first kappa shape index (κ1) is 11.7. The number of hydrogen-bond acceptors (Lipinski definition) is 3. The highest BCUT2D eigenvalue weighted by atomic mass is 28.3. The van der Waals surface area contributed by atoms with Gasteiger partial charge in [0.25, 0.3) is 5.69 Å². The van der Waals surface area contributed by atoms with Gasteiger partial charge in [-0.05, 0) is 18.2 Å². The Kier molecular flexibility index (Phi) is 3.14. The lowest BCUT2D eigenvalue weighted by atomic mass is 10.2. The molecule has 0 fully saturated rings. The molecule has 82 valence electrons. The second kappa shape index (κ2) is 4.02. The van der Waals surface area contributed by atoms with E-state index in [0.717, 1.165) is 0 Å². The van der Waals surface area contributed by atoms with Crippen LogP contribution in [0.3, 0.4) is 0 Å². The van der Waals surface area contributed by atoms with Crippen LogP contribution in [0.1, 0.15) is 5.56 Å². The largest absolute Gasteiger partial charge is 0.508 e. The maximum Gasteiger partial charge on any atom is 0.272 e. The molecule has 0 aliphatic heterocycles. The number of nitro groups is 1.